The van der Waals surface area contributed by atoms with Gasteiger partial charge in [-0.3, -0.25) is 0 Å². The Hall–Kier alpha value is 5.43. The maximum absolute atomic E-state index is 0. The largest absolute Gasteiger partial charge is 0 e. The van der Waals surface area contributed by atoms with Crippen molar-refractivity contribution in [1.29, 1.82) is 0 Å². The van der Waals surface area contributed by atoms with E-state index in [1.54, 1.807) is 0 Å². The molecule has 0 aromatic carbocycles. The van der Waals surface area contributed by atoms with Crippen molar-refractivity contribution in [3.8, 4) is 0 Å². The summed E-state index contributed by atoms with van der Waals surface area (Å²) >= 11 is 0. The van der Waals surface area contributed by atoms with E-state index in [4.69, 9.17) is 0 Å². The normalized spacial score (nSPS) is 0. The monoisotopic (exact) mass is 575 g/mol. The van der Waals surface area contributed by atoms with Gasteiger partial charge in [-0.25, -0.2) is 0 Å². The second-order valence-corrected chi connectivity index (χ2v) is 0. The van der Waals surface area contributed by atoms with E-state index >= 15 is 0 Å². The molecule has 0 nitrogen and oxygen atoms in total. The Morgan fingerprint density at radius 3 is 1.00 bits per heavy atom. The van der Waals surface area contributed by atoms with Crippen molar-refractivity contribution in [3.05, 3.63) is 0 Å². The summed E-state index contributed by atoms with van der Waals surface area (Å²) in [5.41, 5.74) is 0. The van der Waals surface area contributed by atoms with E-state index in [0.717, 1.165) is 0 Å². The van der Waals surface area contributed by atoms with Crippen LogP contribution in [0.4, 0.5) is 0 Å². The van der Waals surface area contributed by atoms with Crippen molar-refractivity contribution < 1.29 is 164 Å². The van der Waals surface area contributed by atoms with Gasteiger partial charge in [0, 0.05) is 164 Å². The molecule has 0 saturated heterocycles. The Bertz CT molecular complexity index is 8.00. The van der Waals surface area contributed by atoms with Crippen LogP contribution >= 0.6 is 0 Å². The van der Waals surface area contributed by atoms with Gasteiger partial charge in [0.05, 0.1) is 0 Å². The van der Waals surface area contributed by atoms with Gasteiger partial charge >= 0.3 is 0 Å². The van der Waals surface area contributed by atoms with Crippen molar-refractivity contribution >= 4 is 0 Å². The van der Waals surface area contributed by atoms with Crippen molar-refractivity contribution in [2.24, 2.45) is 0 Å². The molecule has 0 N–H and O–H groups in total. The average molecular weight is 576 g/mol. The van der Waals surface area contributed by atoms with E-state index in [1.165, 1.54) is 0 Å². The molecule has 0 spiro atoms. The molecule has 0 unspecified atom stereocenters. The molecule has 4 heavy (non-hydrogen) atoms. The minimum Gasteiger partial charge on any atom is 0 e. The quantitative estimate of drug-likeness (QED) is 0.382. The zero-order chi connectivity index (χ0) is 0. The first kappa shape index (κ1) is 22.7. The third-order valence-corrected chi connectivity index (χ3v) is 0. The first-order valence-electron chi connectivity index (χ1n) is 0. The molecular formula is CeNdPrSm. The topological polar surface area (TPSA) is 0 Å². The van der Waals surface area contributed by atoms with Crippen LogP contribution in [0, 0.1) is 164 Å². The summed E-state index contributed by atoms with van der Waals surface area (Å²) in [4.78, 5) is 0. The Balaban J connectivity index is 0. The van der Waals surface area contributed by atoms with Crippen molar-refractivity contribution in [3.63, 3.8) is 0 Å². The van der Waals surface area contributed by atoms with Gasteiger partial charge in [0.1, 0.15) is 0 Å². The fourth-order valence-corrected chi connectivity index (χ4v) is 0. The smallest absolute Gasteiger partial charge is 0 e. The molecule has 0 bridgehead atoms. The average Bonchev–Trinajstić information content (AvgIpc) is 0. The van der Waals surface area contributed by atoms with Crippen LogP contribution in [-0.2, 0) is 0 Å². The summed E-state index contributed by atoms with van der Waals surface area (Å²) in [6.45, 7) is 0. The second kappa shape index (κ2) is 15.8. The molecule has 0 amide bonds. The first-order valence-corrected chi connectivity index (χ1v) is 0. The van der Waals surface area contributed by atoms with Crippen LogP contribution in [0.2, 0.25) is 0 Å². The SMILES string of the molecule is [Ce].[Nd].[Pr].[Sm]. The van der Waals surface area contributed by atoms with Gasteiger partial charge in [-0.15, -0.1) is 0 Å². The van der Waals surface area contributed by atoms with E-state index in [2.05, 4.69) is 0 Å². The Morgan fingerprint density at radius 1 is 1.00 bits per heavy atom. The van der Waals surface area contributed by atoms with Crippen LogP contribution < -0.4 is 0 Å². The fourth-order valence-electron chi connectivity index (χ4n) is 0. The van der Waals surface area contributed by atoms with Crippen LogP contribution in [0.25, 0.3) is 0 Å². The van der Waals surface area contributed by atoms with E-state index < -0.39 is 0 Å². The van der Waals surface area contributed by atoms with Gasteiger partial charge in [0.2, 0.25) is 0 Å². The third kappa shape index (κ3) is 10.4. The first-order chi connectivity index (χ1) is 0. The van der Waals surface area contributed by atoms with Crippen molar-refractivity contribution in [2.75, 3.05) is 0 Å². The molecule has 0 aromatic rings. The standard InChI is InChI=1S/Ce.Nd.Pr.Sm. The van der Waals surface area contributed by atoms with E-state index in [1.807, 2.05) is 0 Å². The van der Waals surface area contributed by atoms with Gasteiger partial charge < -0.3 is 0 Å². The molecule has 1 radical (unpaired) electrons. The zero-order valence-electron chi connectivity index (χ0n) is 1.99. The van der Waals surface area contributed by atoms with Crippen LogP contribution in [-0.4, -0.2) is 0 Å². The molecule has 0 aliphatic heterocycles. The minimum atomic E-state index is 0. The van der Waals surface area contributed by atoms with Crippen LogP contribution in [0.15, 0.2) is 0 Å². The maximum atomic E-state index is 0. The molecule has 0 rings (SSSR count). The number of hydrogen-bond acceptors (Lipinski definition) is 0. The Morgan fingerprint density at radius 2 is 1.00 bits per heavy atom. The summed E-state index contributed by atoms with van der Waals surface area (Å²) in [6.07, 6.45) is 0. The van der Waals surface area contributed by atoms with Gasteiger partial charge in [-0.2, -0.15) is 0 Å². The van der Waals surface area contributed by atoms with Crippen molar-refractivity contribution in [1.82, 2.24) is 0 Å². The summed E-state index contributed by atoms with van der Waals surface area (Å²) in [6, 6.07) is 0. The van der Waals surface area contributed by atoms with E-state index in [-0.39, 0.29) is 164 Å². The van der Waals surface area contributed by atoms with Gasteiger partial charge in [0.15, 0.2) is 0 Å². The second-order valence-electron chi connectivity index (χ2n) is 0. The molecule has 17 valence electrons. The fraction of sp³-hybridized carbons (Fsp3) is 0. The molecule has 0 heterocycles. The molecule has 0 atom stereocenters. The minimum absolute atomic E-state index is 0. The molecule has 0 aliphatic carbocycles. The summed E-state index contributed by atoms with van der Waals surface area (Å²) in [5.74, 6) is 0. The predicted molar refractivity (Wildman–Crippen MR) is 0 cm³/mol. The van der Waals surface area contributed by atoms with Gasteiger partial charge in [-0.1, -0.05) is 0 Å². The number of rotatable bonds is 0. The molecule has 0 aliphatic rings. The molecule has 4 heteroatoms. The van der Waals surface area contributed by atoms with Crippen molar-refractivity contribution in [2.45, 2.75) is 0 Å². The summed E-state index contributed by atoms with van der Waals surface area (Å²) in [7, 11) is 0. The van der Waals surface area contributed by atoms with Crippen LogP contribution in [0.5, 0.6) is 0 Å². The predicted octanol–water partition coefficient (Wildman–Crippen LogP) is 0. The maximum Gasteiger partial charge on any atom is 0 e. The van der Waals surface area contributed by atoms with Crippen LogP contribution in [0.1, 0.15) is 0 Å². The molecule has 0 fully saturated rings. The molecule has 0 aromatic heterocycles. The van der Waals surface area contributed by atoms with Crippen LogP contribution in [0.3, 0.4) is 0 Å². The zero-order valence-corrected chi connectivity index (χ0v) is 14.7. The summed E-state index contributed by atoms with van der Waals surface area (Å²) in [5, 5.41) is 0. The Kier molecular flexibility index (Phi) is 89.7. The van der Waals surface area contributed by atoms with Gasteiger partial charge in [0.25, 0.3) is 0 Å². The molecular weight excluding hydrogens is 576 g/mol. The number of hydrogen-bond donors (Lipinski definition) is 0. The summed E-state index contributed by atoms with van der Waals surface area (Å²) < 4.78 is 0. The van der Waals surface area contributed by atoms with Gasteiger partial charge in [-0.05, 0) is 0 Å². The van der Waals surface area contributed by atoms with E-state index in [0.29, 0.717) is 0 Å². The molecule has 0 saturated carbocycles. The van der Waals surface area contributed by atoms with E-state index in [9.17, 15) is 0 Å². The third-order valence-electron chi connectivity index (χ3n) is 0. The Labute approximate surface area is 158 Å².